The predicted molar refractivity (Wildman–Crippen MR) is 83.5 cm³/mol. The summed E-state index contributed by atoms with van der Waals surface area (Å²) in [7, 11) is 2.11. The third kappa shape index (κ3) is 3.84. The number of morpholine rings is 1. The Labute approximate surface area is 127 Å². The number of ether oxygens (including phenoxy) is 1. The zero-order valence-electron chi connectivity index (χ0n) is 13.4. The Morgan fingerprint density at radius 1 is 1.24 bits per heavy atom. The van der Waals surface area contributed by atoms with Gasteiger partial charge in [-0.05, 0) is 26.3 Å². The van der Waals surface area contributed by atoms with E-state index in [0.717, 1.165) is 26.2 Å². The van der Waals surface area contributed by atoms with Crippen LogP contribution in [0.3, 0.4) is 0 Å². The highest BCUT2D eigenvalue weighted by molar-refractivity contribution is 5.02. The Morgan fingerprint density at radius 3 is 2.76 bits per heavy atom. The fourth-order valence-corrected chi connectivity index (χ4v) is 3.62. The lowest BCUT2D eigenvalue weighted by atomic mass is 9.97. The first-order chi connectivity index (χ1) is 10.2. The van der Waals surface area contributed by atoms with Gasteiger partial charge in [-0.2, -0.15) is 0 Å². The average molecular weight is 292 g/mol. The number of aromatic nitrogens is 2. The normalized spacial score (nSPS) is 28.9. The molecule has 0 bridgehead atoms. The molecule has 3 rings (SSSR count). The van der Waals surface area contributed by atoms with Gasteiger partial charge in [0.1, 0.15) is 5.82 Å². The minimum atomic E-state index is 0.389. The average Bonchev–Trinajstić information content (AvgIpc) is 2.92. The van der Waals surface area contributed by atoms with Crippen LogP contribution in [0.25, 0.3) is 0 Å². The lowest BCUT2D eigenvalue weighted by Gasteiger charge is -2.36. The Bertz CT molecular complexity index is 447. The molecule has 0 radical (unpaired) electrons. The summed E-state index contributed by atoms with van der Waals surface area (Å²) in [6, 6.07) is 0. The highest BCUT2D eigenvalue weighted by Gasteiger charge is 2.24. The van der Waals surface area contributed by atoms with Gasteiger partial charge in [0.25, 0.3) is 0 Å². The lowest BCUT2D eigenvalue weighted by molar-refractivity contribution is -0.0212. The first kappa shape index (κ1) is 15.0. The minimum absolute atomic E-state index is 0.389. The van der Waals surface area contributed by atoms with Gasteiger partial charge >= 0.3 is 0 Å². The summed E-state index contributed by atoms with van der Waals surface area (Å²) in [5.74, 6) is 1.85. The third-order valence-corrected chi connectivity index (χ3v) is 4.79. The molecule has 0 spiro atoms. The Balaban J connectivity index is 1.49. The van der Waals surface area contributed by atoms with Gasteiger partial charge in [-0.3, -0.25) is 4.90 Å². The number of nitrogens with zero attached hydrogens (tertiary/aromatic N) is 4. The van der Waals surface area contributed by atoms with Crippen LogP contribution in [0, 0.1) is 0 Å². The first-order valence-electron chi connectivity index (χ1n) is 8.26. The molecule has 118 valence electrons. The molecule has 3 heterocycles. The summed E-state index contributed by atoms with van der Waals surface area (Å²) in [6.45, 7) is 9.96. The fraction of sp³-hybridized carbons (Fsp3) is 0.812. The zero-order chi connectivity index (χ0) is 14.7. The van der Waals surface area contributed by atoms with E-state index >= 15 is 0 Å². The van der Waals surface area contributed by atoms with Crippen molar-refractivity contribution in [3.05, 3.63) is 18.2 Å². The standard InChI is InChI=1S/C16H28N4O/c1-14-12-20(10-11-21-14)9-8-19-6-3-4-15(13-19)16-17-5-7-18(16)2/h5,7,14-15H,3-4,6,8-13H2,1-2H3/t14-,15-/m0/s1. The Morgan fingerprint density at radius 2 is 2.05 bits per heavy atom. The van der Waals surface area contributed by atoms with Crippen molar-refractivity contribution in [1.82, 2.24) is 19.4 Å². The first-order valence-corrected chi connectivity index (χ1v) is 8.26. The molecule has 0 N–H and O–H groups in total. The zero-order valence-corrected chi connectivity index (χ0v) is 13.4. The van der Waals surface area contributed by atoms with Crippen molar-refractivity contribution in [2.24, 2.45) is 7.05 Å². The van der Waals surface area contributed by atoms with Crippen molar-refractivity contribution in [2.45, 2.75) is 31.8 Å². The van der Waals surface area contributed by atoms with Gasteiger partial charge in [-0.1, -0.05) is 0 Å². The second kappa shape index (κ2) is 6.90. The van der Waals surface area contributed by atoms with Gasteiger partial charge in [0.2, 0.25) is 0 Å². The van der Waals surface area contributed by atoms with E-state index in [4.69, 9.17) is 4.74 Å². The van der Waals surface area contributed by atoms with Gasteiger partial charge in [0.15, 0.2) is 0 Å². The monoisotopic (exact) mass is 292 g/mol. The van der Waals surface area contributed by atoms with Crippen LogP contribution in [0.15, 0.2) is 12.4 Å². The molecule has 21 heavy (non-hydrogen) atoms. The van der Waals surface area contributed by atoms with Crippen LogP contribution in [0.1, 0.15) is 31.5 Å². The third-order valence-electron chi connectivity index (χ3n) is 4.79. The molecule has 2 atom stereocenters. The van der Waals surface area contributed by atoms with E-state index in [1.165, 1.54) is 38.3 Å². The van der Waals surface area contributed by atoms with Gasteiger partial charge in [0, 0.05) is 58.1 Å². The van der Waals surface area contributed by atoms with Crippen molar-refractivity contribution in [3.63, 3.8) is 0 Å². The van der Waals surface area contributed by atoms with Crippen molar-refractivity contribution < 1.29 is 4.74 Å². The number of imidazole rings is 1. The maximum Gasteiger partial charge on any atom is 0.112 e. The highest BCUT2D eigenvalue weighted by Crippen LogP contribution is 2.25. The number of rotatable bonds is 4. The predicted octanol–water partition coefficient (Wildman–Crippen LogP) is 1.32. The summed E-state index contributed by atoms with van der Waals surface area (Å²) in [5, 5.41) is 0. The van der Waals surface area contributed by atoms with Crippen molar-refractivity contribution >= 4 is 0 Å². The molecule has 5 nitrogen and oxygen atoms in total. The highest BCUT2D eigenvalue weighted by atomic mass is 16.5. The summed E-state index contributed by atoms with van der Waals surface area (Å²) < 4.78 is 7.79. The summed E-state index contributed by atoms with van der Waals surface area (Å²) in [4.78, 5) is 9.70. The van der Waals surface area contributed by atoms with Crippen LogP contribution in [0.2, 0.25) is 0 Å². The SMILES string of the molecule is C[C@H]1CN(CCN2CCC[C@H](c3nccn3C)C2)CCO1. The van der Waals surface area contributed by atoms with E-state index in [-0.39, 0.29) is 0 Å². The van der Waals surface area contributed by atoms with Gasteiger partial charge in [0.05, 0.1) is 12.7 Å². The largest absolute Gasteiger partial charge is 0.376 e. The van der Waals surface area contributed by atoms with E-state index in [0.29, 0.717) is 12.0 Å². The second-order valence-electron chi connectivity index (χ2n) is 6.52. The molecule has 2 saturated heterocycles. The molecule has 0 aliphatic carbocycles. The van der Waals surface area contributed by atoms with Crippen molar-refractivity contribution in [3.8, 4) is 0 Å². The Hall–Kier alpha value is -0.910. The quantitative estimate of drug-likeness (QED) is 0.838. The van der Waals surface area contributed by atoms with Crippen molar-refractivity contribution in [2.75, 3.05) is 45.9 Å². The summed E-state index contributed by atoms with van der Waals surface area (Å²) in [6.07, 6.45) is 6.93. The van der Waals surface area contributed by atoms with Gasteiger partial charge < -0.3 is 14.2 Å². The van der Waals surface area contributed by atoms with Gasteiger partial charge in [-0.25, -0.2) is 4.98 Å². The van der Waals surface area contributed by atoms with Crippen molar-refractivity contribution in [1.29, 1.82) is 0 Å². The molecule has 0 unspecified atom stereocenters. The second-order valence-corrected chi connectivity index (χ2v) is 6.52. The lowest BCUT2D eigenvalue weighted by Crippen LogP contribution is -2.46. The van der Waals surface area contributed by atoms with Crippen LogP contribution in [-0.4, -0.2) is 71.3 Å². The molecule has 1 aromatic rings. The van der Waals surface area contributed by atoms with Crippen LogP contribution >= 0.6 is 0 Å². The molecule has 0 aromatic carbocycles. The number of hydrogen-bond acceptors (Lipinski definition) is 4. The molecular formula is C16H28N4O. The number of piperidine rings is 1. The molecule has 2 fully saturated rings. The van der Waals surface area contributed by atoms with Crippen LogP contribution in [0.5, 0.6) is 0 Å². The van der Waals surface area contributed by atoms with E-state index in [1.807, 2.05) is 6.20 Å². The summed E-state index contributed by atoms with van der Waals surface area (Å²) >= 11 is 0. The molecule has 2 aliphatic heterocycles. The van der Waals surface area contributed by atoms with E-state index in [9.17, 15) is 0 Å². The topological polar surface area (TPSA) is 33.5 Å². The molecule has 0 saturated carbocycles. The molecule has 1 aromatic heterocycles. The van der Waals surface area contributed by atoms with Gasteiger partial charge in [-0.15, -0.1) is 0 Å². The van der Waals surface area contributed by atoms with Crippen LogP contribution in [-0.2, 0) is 11.8 Å². The molecular weight excluding hydrogens is 264 g/mol. The van der Waals surface area contributed by atoms with Crippen LogP contribution in [0.4, 0.5) is 0 Å². The van der Waals surface area contributed by atoms with E-state index in [2.05, 4.69) is 39.5 Å². The maximum absolute atomic E-state index is 5.61. The molecule has 5 heteroatoms. The molecule has 0 amide bonds. The fourth-order valence-electron chi connectivity index (χ4n) is 3.62. The number of aryl methyl sites for hydroxylation is 1. The van der Waals surface area contributed by atoms with E-state index in [1.54, 1.807) is 0 Å². The van der Waals surface area contributed by atoms with Crippen LogP contribution < -0.4 is 0 Å². The number of hydrogen-bond donors (Lipinski definition) is 0. The van der Waals surface area contributed by atoms with E-state index < -0.39 is 0 Å². The maximum atomic E-state index is 5.61. The number of likely N-dealkylation sites (tertiary alicyclic amines) is 1. The Kier molecular flexibility index (Phi) is 4.93. The smallest absolute Gasteiger partial charge is 0.112 e. The molecule has 2 aliphatic rings. The minimum Gasteiger partial charge on any atom is -0.376 e. The summed E-state index contributed by atoms with van der Waals surface area (Å²) in [5.41, 5.74) is 0.